The molecule has 3 aromatic rings. The monoisotopic (exact) mass is 420 g/mol. The van der Waals surface area contributed by atoms with E-state index in [2.05, 4.69) is 6.08 Å². The van der Waals surface area contributed by atoms with E-state index in [1.165, 1.54) is 19.8 Å². The Balaban J connectivity index is 2.08. The lowest BCUT2D eigenvalue weighted by Gasteiger charge is -2.18. The van der Waals surface area contributed by atoms with E-state index in [1.807, 2.05) is 26.0 Å². The van der Waals surface area contributed by atoms with Crippen molar-refractivity contribution in [3.8, 4) is 51.0 Å². The van der Waals surface area contributed by atoms with Crippen LogP contribution >= 0.6 is 0 Å². The van der Waals surface area contributed by atoms with E-state index >= 15 is 0 Å². The number of hydrogen-bond donors (Lipinski definition) is 3. The zero-order chi connectivity index (χ0) is 22.5. The Hall–Kier alpha value is -3.60. The highest BCUT2D eigenvalue weighted by Crippen LogP contribution is 2.50. The lowest BCUT2D eigenvalue weighted by atomic mass is 9.95. The summed E-state index contributed by atoms with van der Waals surface area (Å²) in [6.45, 7) is 4.10. The van der Waals surface area contributed by atoms with E-state index in [-0.39, 0.29) is 23.0 Å². The first-order valence-electron chi connectivity index (χ1n) is 10.1. The Labute approximate surface area is 182 Å². The van der Waals surface area contributed by atoms with Crippen LogP contribution < -0.4 is 9.47 Å². The summed E-state index contributed by atoms with van der Waals surface area (Å²) in [5.74, 6) is 0.965. The number of benzene rings is 3. The highest BCUT2D eigenvalue weighted by Gasteiger charge is 2.22. The van der Waals surface area contributed by atoms with Crippen LogP contribution in [0.1, 0.15) is 25.8 Å². The Morgan fingerprint density at radius 1 is 0.871 bits per heavy atom. The summed E-state index contributed by atoms with van der Waals surface area (Å²) in [5.41, 5.74) is 4.52. The second kappa shape index (κ2) is 9.47. The average molecular weight is 421 g/mol. The Morgan fingerprint density at radius 2 is 1.55 bits per heavy atom. The third-order valence-corrected chi connectivity index (χ3v) is 5.16. The van der Waals surface area contributed by atoms with E-state index in [1.54, 1.807) is 36.4 Å². The number of allylic oxidation sites excluding steroid dienone is 2. The molecule has 3 rings (SSSR count). The van der Waals surface area contributed by atoms with Gasteiger partial charge in [0.05, 0.1) is 19.8 Å². The predicted molar refractivity (Wildman–Crippen MR) is 123 cm³/mol. The standard InChI is InChI=1S/C26H28O5/c1-16(2)6-5-7-18-8-9-19(14-22(18)28)24-23(30-3)15-21(26(31-4)25(24)29)17-10-12-20(27)13-11-17/h6,8-15,27-29H,5,7H2,1-4H3. The summed E-state index contributed by atoms with van der Waals surface area (Å²) in [5, 5.41) is 31.2. The van der Waals surface area contributed by atoms with Gasteiger partial charge < -0.3 is 24.8 Å². The maximum absolute atomic E-state index is 11.1. The molecule has 5 nitrogen and oxygen atoms in total. The second-order valence-electron chi connectivity index (χ2n) is 7.59. The minimum absolute atomic E-state index is 0.0818. The molecule has 0 bridgehead atoms. The number of aromatic hydroxyl groups is 3. The van der Waals surface area contributed by atoms with Gasteiger partial charge in [0, 0.05) is 5.56 Å². The normalized spacial score (nSPS) is 10.6. The van der Waals surface area contributed by atoms with Gasteiger partial charge in [0.15, 0.2) is 11.5 Å². The highest BCUT2D eigenvalue weighted by atomic mass is 16.5. The van der Waals surface area contributed by atoms with Crippen molar-refractivity contribution in [3.05, 3.63) is 65.7 Å². The van der Waals surface area contributed by atoms with Gasteiger partial charge in [0.2, 0.25) is 0 Å². The summed E-state index contributed by atoms with van der Waals surface area (Å²) in [4.78, 5) is 0. The summed E-state index contributed by atoms with van der Waals surface area (Å²) >= 11 is 0. The fraction of sp³-hybridized carbons (Fsp3) is 0.231. The largest absolute Gasteiger partial charge is 0.508 e. The SMILES string of the molecule is COc1cc(-c2ccc(O)cc2)c(OC)c(O)c1-c1ccc(CCC=C(C)C)c(O)c1. The van der Waals surface area contributed by atoms with E-state index < -0.39 is 0 Å². The molecular weight excluding hydrogens is 392 g/mol. The van der Waals surface area contributed by atoms with Gasteiger partial charge in [-0.05, 0) is 67.6 Å². The molecule has 0 unspecified atom stereocenters. The molecule has 0 spiro atoms. The summed E-state index contributed by atoms with van der Waals surface area (Å²) in [6.07, 6.45) is 3.71. The van der Waals surface area contributed by atoms with Crippen molar-refractivity contribution in [1.82, 2.24) is 0 Å². The molecule has 31 heavy (non-hydrogen) atoms. The zero-order valence-corrected chi connectivity index (χ0v) is 18.3. The van der Waals surface area contributed by atoms with Crippen LogP contribution in [0.25, 0.3) is 22.3 Å². The Morgan fingerprint density at radius 3 is 2.13 bits per heavy atom. The van der Waals surface area contributed by atoms with Gasteiger partial charge in [0.1, 0.15) is 17.2 Å². The highest BCUT2D eigenvalue weighted by molar-refractivity contribution is 5.88. The van der Waals surface area contributed by atoms with Crippen molar-refractivity contribution in [3.63, 3.8) is 0 Å². The van der Waals surface area contributed by atoms with E-state index in [0.29, 0.717) is 22.4 Å². The average Bonchev–Trinajstić information content (AvgIpc) is 2.74. The van der Waals surface area contributed by atoms with E-state index in [4.69, 9.17) is 9.47 Å². The molecular formula is C26H28O5. The maximum atomic E-state index is 11.1. The number of ether oxygens (including phenoxy) is 2. The zero-order valence-electron chi connectivity index (χ0n) is 18.3. The second-order valence-corrected chi connectivity index (χ2v) is 7.59. The molecule has 162 valence electrons. The third kappa shape index (κ3) is 4.77. The topological polar surface area (TPSA) is 79.2 Å². The summed E-state index contributed by atoms with van der Waals surface area (Å²) in [6, 6.07) is 13.7. The van der Waals surface area contributed by atoms with Crippen molar-refractivity contribution in [2.75, 3.05) is 14.2 Å². The van der Waals surface area contributed by atoms with Crippen LogP contribution in [0.15, 0.2) is 60.2 Å². The third-order valence-electron chi connectivity index (χ3n) is 5.16. The van der Waals surface area contributed by atoms with Gasteiger partial charge in [-0.3, -0.25) is 0 Å². The first kappa shape index (κ1) is 22.1. The van der Waals surface area contributed by atoms with Crippen LogP contribution in [0.5, 0.6) is 28.7 Å². The molecule has 0 saturated heterocycles. The lowest BCUT2D eigenvalue weighted by molar-refractivity contribution is 0.369. The predicted octanol–water partition coefficient (Wildman–Crippen LogP) is 6.05. The maximum Gasteiger partial charge on any atom is 0.170 e. The molecule has 0 aliphatic carbocycles. The molecule has 0 aliphatic heterocycles. The molecule has 0 saturated carbocycles. The Bertz CT molecular complexity index is 1090. The molecule has 0 radical (unpaired) electrons. The van der Waals surface area contributed by atoms with Gasteiger partial charge in [-0.1, -0.05) is 35.9 Å². The van der Waals surface area contributed by atoms with Crippen molar-refractivity contribution in [2.45, 2.75) is 26.7 Å². The minimum atomic E-state index is -0.0818. The molecule has 5 heteroatoms. The van der Waals surface area contributed by atoms with Crippen molar-refractivity contribution >= 4 is 0 Å². The van der Waals surface area contributed by atoms with Gasteiger partial charge in [-0.15, -0.1) is 0 Å². The van der Waals surface area contributed by atoms with Crippen molar-refractivity contribution in [1.29, 1.82) is 0 Å². The number of phenolic OH excluding ortho intramolecular Hbond substituents is 3. The van der Waals surface area contributed by atoms with Crippen LogP contribution in [0.2, 0.25) is 0 Å². The van der Waals surface area contributed by atoms with Gasteiger partial charge >= 0.3 is 0 Å². The number of aryl methyl sites for hydroxylation is 1. The van der Waals surface area contributed by atoms with Gasteiger partial charge in [0.25, 0.3) is 0 Å². The number of rotatable bonds is 7. The fourth-order valence-corrected chi connectivity index (χ4v) is 3.58. The first-order chi connectivity index (χ1) is 14.8. The molecule has 0 aliphatic rings. The first-order valence-corrected chi connectivity index (χ1v) is 10.1. The van der Waals surface area contributed by atoms with E-state index in [9.17, 15) is 15.3 Å². The van der Waals surface area contributed by atoms with Crippen LogP contribution in [0.4, 0.5) is 0 Å². The molecule has 3 N–H and O–H groups in total. The van der Waals surface area contributed by atoms with E-state index in [0.717, 1.165) is 24.0 Å². The van der Waals surface area contributed by atoms with Crippen LogP contribution in [-0.4, -0.2) is 29.5 Å². The lowest BCUT2D eigenvalue weighted by Crippen LogP contribution is -1.96. The summed E-state index contributed by atoms with van der Waals surface area (Å²) < 4.78 is 11.1. The Kier molecular flexibility index (Phi) is 6.75. The minimum Gasteiger partial charge on any atom is -0.508 e. The van der Waals surface area contributed by atoms with Crippen molar-refractivity contribution in [2.24, 2.45) is 0 Å². The van der Waals surface area contributed by atoms with Crippen LogP contribution in [0, 0.1) is 0 Å². The number of methoxy groups -OCH3 is 2. The van der Waals surface area contributed by atoms with Gasteiger partial charge in [-0.25, -0.2) is 0 Å². The fourth-order valence-electron chi connectivity index (χ4n) is 3.58. The van der Waals surface area contributed by atoms with Crippen LogP contribution in [-0.2, 0) is 6.42 Å². The van der Waals surface area contributed by atoms with Crippen LogP contribution in [0.3, 0.4) is 0 Å². The van der Waals surface area contributed by atoms with Crippen molar-refractivity contribution < 1.29 is 24.8 Å². The molecule has 0 aromatic heterocycles. The quantitative estimate of drug-likeness (QED) is 0.405. The molecule has 0 fully saturated rings. The summed E-state index contributed by atoms with van der Waals surface area (Å²) in [7, 11) is 3.01. The smallest absolute Gasteiger partial charge is 0.170 e. The molecule has 0 heterocycles. The van der Waals surface area contributed by atoms with Gasteiger partial charge in [-0.2, -0.15) is 0 Å². The molecule has 0 atom stereocenters. The number of hydrogen-bond acceptors (Lipinski definition) is 5. The number of phenols is 3. The molecule has 0 amide bonds. The molecule has 3 aromatic carbocycles.